The van der Waals surface area contributed by atoms with E-state index in [-0.39, 0.29) is 12.4 Å². The van der Waals surface area contributed by atoms with E-state index in [0.29, 0.717) is 11.3 Å². The fourth-order valence-electron chi connectivity index (χ4n) is 1.17. The van der Waals surface area contributed by atoms with Gasteiger partial charge in [-0.25, -0.2) is 4.39 Å². The van der Waals surface area contributed by atoms with Crippen LogP contribution < -0.4 is 10.5 Å². The van der Waals surface area contributed by atoms with Gasteiger partial charge in [-0.3, -0.25) is 0 Å². The highest BCUT2D eigenvalue weighted by atomic mass is 35.5. The summed E-state index contributed by atoms with van der Waals surface area (Å²) in [5.74, 6) is -0.0261. The summed E-state index contributed by atoms with van der Waals surface area (Å²) in [6.07, 6.45) is -0.780. The fraction of sp³-hybridized carbons (Fsp3) is 0.400. The third-order valence-electron chi connectivity index (χ3n) is 2.09. The molecule has 1 aromatic rings. The van der Waals surface area contributed by atoms with Crippen molar-refractivity contribution in [2.24, 2.45) is 5.73 Å². The van der Waals surface area contributed by atoms with Gasteiger partial charge in [0.25, 0.3) is 0 Å². The number of nitrogens with two attached hydrogens (primary N) is 1. The average molecular weight is 236 g/mol. The summed E-state index contributed by atoms with van der Waals surface area (Å²) >= 11 is 0. The molecule has 0 saturated carbocycles. The van der Waals surface area contributed by atoms with Gasteiger partial charge in [-0.2, -0.15) is 0 Å². The van der Waals surface area contributed by atoms with E-state index in [9.17, 15) is 9.50 Å². The first-order valence-electron chi connectivity index (χ1n) is 4.33. The molecule has 2 atom stereocenters. The lowest BCUT2D eigenvalue weighted by Crippen LogP contribution is -2.24. The van der Waals surface area contributed by atoms with Crippen LogP contribution >= 0.6 is 12.4 Å². The van der Waals surface area contributed by atoms with Crippen molar-refractivity contribution in [1.29, 1.82) is 0 Å². The monoisotopic (exact) mass is 235 g/mol. The van der Waals surface area contributed by atoms with Crippen LogP contribution in [0.5, 0.6) is 5.75 Å². The Balaban J connectivity index is 0.00000196. The molecule has 0 radical (unpaired) electrons. The summed E-state index contributed by atoms with van der Waals surface area (Å²) in [6.45, 7) is 1.52. The van der Waals surface area contributed by atoms with Gasteiger partial charge in [0.15, 0.2) is 0 Å². The molecule has 86 valence electrons. The van der Waals surface area contributed by atoms with E-state index in [2.05, 4.69) is 0 Å². The summed E-state index contributed by atoms with van der Waals surface area (Å²) in [6, 6.07) is 3.67. The molecule has 0 aliphatic rings. The second-order valence-corrected chi connectivity index (χ2v) is 3.15. The smallest absolute Gasteiger partial charge is 0.131 e. The highest BCUT2D eigenvalue weighted by molar-refractivity contribution is 5.85. The minimum Gasteiger partial charge on any atom is -0.497 e. The molecule has 0 aliphatic carbocycles. The third-order valence-corrected chi connectivity index (χ3v) is 2.09. The predicted molar refractivity (Wildman–Crippen MR) is 58.8 cm³/mol. The van der Waals surface area contributed by atoms with Crippen molar-refractivity contribution in [3.63, 3.8) is 0 Å². The van der Waals surface area contributed by atoms with Crippen LogP contribution in [0, 0.1) is 5.82 Å². The van der Waals surface area contributed by atoms with Gasteiger partial charge in [-0.15, -0.1) is 12.4 Å². The Kier molecular flexibility index (Phi) is 5.57. The molecule has 0 heterocycles. The number of methoxy groups -OCH3 is 1. The van der Waals surface area contributed by atoms with Crippen molar-refractivity contribution in [2.75, 3.05) is 7.11 Å². The number of aliphatic hydroxyl groups is 1. The maximum absolute atomic E-state index is 13.4. The lowest BCUT2D eigenvalue weighted by atomic mass is 10.0. The summed E-state index contributed by atoms with van der Waals surface area (Å²) in [5.41, 5.74) is 5.89. The molecule has 5 heteroatoms. The zero-order valence-electron chi connectivity index (χ0n) is 8.61. The van der Waals surface area contributed by atoms with E-state index in [4.69, 9.17) is 10.5 Å². The first-order valence-corrected chi connectivity index (χ1v) is 4.33. The van der Waals surface area contributed by atoms with Crippen LogP contribution in [0.1, 0.15) is 18.5 Å². The summed E-state index contributed by atoms with van der Waals surface area (Å²) in [4.78, 5) is 0. The highest BCUT2D eigenvalue weighted by Crippen LogP contribution is 2.22. The third kappa shape index (κ3) is 3.34. The minimum atomic E-state index is -0.780. The molecule has 1 aromatic carbocycles. The lowest BCUT2D eigenvalue weighted by Gasteiger charge is -2.16. The Morgan fingerprint density at radius 1 is 1.47 bits per heavy atom. The normalized spacial score (nSPS) is 13.9. The molecular formula is C10H15ClFNO2. The standard InChI is InChI=1S/C10H14FNO2.ClH/c1-6(13)10(12)8-4-3-7(14-2)5-9(8)11;/h3-6,10,13H,12H2,1-2H3;1H/t6-,10-;/m1./s1. The number of benzene rings is 1. The highest BCUT2D eigenvalue weighted by Gasteiger charge is 2.16. The molecule has 0 aromatic heterocycles. The largest absolute Gasteiger partial charge is 0.497 e. The van der Waals surface area contributed by atoms with Crippen LogP contribution in [0.15, 0.2) is 18.2 Å². The van der Waals surface area contributed by atoms with E-state index >= 15 is 0 Å². The Hall–Kier alpha value is -0.840. The molecule has 0 saturated heterocycles. The van der Waals surface area contributed by atoms with Gasteiger partial charge >= 0.3 is 0 Å². The Labute approximate surface area is 94.5 Å². The zero-order valence-corrected chi connectivity index (χ0v) is 9.42. The Morgan fingerprint density at radius 2 is 2.07 bits per heavy atom. The van der Waals surface area contributed by atoms with Crippen molar-refractivity contribution < 1.29 is 14.2 Å². The van der Waals surface area contributed by atoms with Crippen LogP contribution in [0.4, 0.5) is 4.39 Å². The van der Waals surface area contributed by atoms with Crippen LogP contribution in [-0.2, 0) is 0 Å². The topological polar surface area (TPSA) is 55.5 Å². The van der Waals surface area contributed by atoms with Crippen molar-refractivity contribution >= 4 is 12.4 Å². The molecule has 0 unspecified atom stereocenters. The fourth-order valence-corrected chi connectivity index (χ4v) is 1.17. The first kappa shape index (κ1) is 14.2. The molecule has 3 nitrogen and oxygen atoms in total. The number of hydrogen-bond acceptors (Lipinski definition) is 3. The van der Waals surface area contributed by atoms with Crippen LogP contribution in [0.2, 0.25) is 0 Å². The number of aliphatic hydroxyl groups excluding tert-OH is 1. The van der Waals surface area contributed by atoms with Crippen molar-refractivity contribution in [2.45, 2.75) is 19.1 Å². The molecule has 1 rings (SSSR count). The van der Waals surface area contributed by atoms with E-state index < -0.39 is 18.0 Å². The van der Waals surface area contributed by atoms with Crippen molar-refractivity contribution in [3.8, 4) is 5.75 Å². The van der Waals surface area contributed by atoms with Gasteiger partial charge in [0.05, 0.1) is 19.3 Å². The molecular weight excluding hydrogens is 221 g/mol. The summed E-state index contributed by atoms with van der Waals surface area (Å²) in [5, 5.41) is 9.20. The van der Waals surface area contributed by atoms with E-state index in [1.165, 1.54) is 26.2 Å². The molecule has 0 fully saturated rings. The Morgan fingerprint density at radius 3 is 2.47 bits per heavy atom. The van der Waals surface area contributed by atoms with Gasteiger partial charge in [-0.1, -0.05) is 6.07 Å². The van der Waals surface area contributed by atoms with Gasteiger partial charge in [-0.05, 0) is 13.0 Å². The van der Waals surface area contributed by atoms with Gasteiger partial charge in [0.1, 0.15) is 11.6 Å². The van der Waals surface area contributed by atoms with Crippen LogP contribution in [0.3, 0.4) is 0 Å². The number of rotatable bonds is 3. The average Bonchev–Trinajstić information content (AvgIpc) is 2.16. The quantitative estimate of drug-likeness (QED) is 0.838. The van der Waals surface area contributed by atoms with Crippen LogP contribution in [0.25, 0.3) is 0 Å². The second-order valence-electron chi connectivity index (χ2n) is 3.15. The van der Waals surface area contributed by atoms with Gasteiger partial charge in [0, 0.05) is 11.6 Å². The van der Waals surface area contributed by atoms with Crippen molar-refractivity contribution in [3.05, 3.63) is 29.6 Å². The number of ether oxygens (including phenoxy) is 1. The maximum Gasteiger partial charge on any atom is 0.131 e. The molecule has 3 N–H and O–H groups in total. The number of hydrogen-bond donors (Lipinski definition) is 2. The molecule has 0 aliphatic heterocycles. The predicted octanol–water partition coefficient (Wildman–Crippen LogP) is 1.64. The van der Waals surface area contributed by atoms with E-state index in [1.807, 2.05) is 0 Å². The SMILES string of the molecule is COc1ccc([C@H](N)[C@@H](C)O)c(F)c1.Cl. The van der Waals surface area contributed by atoms with Gasteiger partial charge < -0.3 is 15.6 Å². The molecule has 0 spiro atoms. The Bertz CT molecular complexity index is 320. The maximum atomic E-state index is 13.4. The second kappa shape index (κ2) is 5.90. The molecule has 15 heavy (non-hydrogen) atoms. The summed E-state index contributed by atoms with van der Waals surface area (Å²) in [7, 11) is 1.46. The zero-order chi connectivity index (χ0) is 10.7. The van der Waals surface area contributed by atoms with E-state index in [1.54, 1.807) is 6.07 Å². The van der Waals surface area contributed by atoms with Crippen molar-refractivity contribution in [1.82, 2.24) is 0 Å². The van der Waals surface area contributed by atoms with Crippen LogP contribution in [-0.4, -0.2) is 18.3 Å². The first-order chi connectivity index (χ1) is 6.56. The van der Waals surface area contributed by atoms with E-state index in [0.717, 1.165) is 0 Å². The molecule has 0 bridgehead atoms. The van der Waals surface area contributed by atoms with Gasteiger partial charge in [0.2, 0.25) is 0 Å². The lowest BCUT2D eigenvalue weighted by molar-refractivity contribution is 0.162. The summed E-state index contributed by atoms with van der Waals surface area (Å²) < 4.78 is 18.2. The number of halogens is 2. The molecule has 0 amide bonds. The minimum absolute atomic E-state index is 0.